The molecule has 0 saturated carbocycles. The van der Waals surface area contributed by atoms with Crippen molar-refractivity contribution in [3.63, 3.8) is 0 Å². The first-order valence-corrected chi connectivity index (χ1v) is 13.1. The number of aryl methyl sites for hydroxylation is 1. The lowest BCUT2D eigenvalue weighted by atomic mass is 10.0. The number of hydrogen-bond donors (Lipinski definition) is 2. The number of aromatic nitrogens is 4. The smallest absolute Gasteiger partial charge is 0.259 e. The highest BCUT2D eigenvalue weighted by Gasteiger charge is 2.34. The van der Waals surface area contributed by atoms with Gasteiger partial charge >= 0.3 is 0 Å². The molecule has 1 aliphatic rings. The standard InChI is InChI=1S/C23H27F2N7O2S/c1-15-19(22(33)28-17-6-4-7-18(12-17)35(3,26)34)21(32-10-5-8-23(24,25)9-11-32)30-29-20(15)16-13-27-31(2)14-16/h4,6-7,12-14,26H,5,8-11H2,1-3H3,(H,28,33). The Balaban J connectivity index is 1.77. The van der Waals surface area contributed by atoms with Crippen LogP contribution >= 0.6 is 0 Å². The van der Waals surface area contributed by atoms with Gasteiger partial charge in [-0.05, 0) is 37.1 Å². The minimum absolute atomic E-state index is 0.0415. The molecule has 3 aromatic rings. The summed E-state index contributed by atoms with van der Waals surface area (Å²) in [6.45, 7) is 2.10. The number of rotatable bonds is 5. The van der Waals surface area contributed by atoms with Crippen molar-refractivity contribution in [1.29, 1.82) is 4.78 Å². The molecule has 1 unspecified atom stereocenters. The van der Waals surface area contributed by atoms with Gasteiger partial charge in [-0.3, -0.25) is 9.48 Å². The Morgan fingerprint density at radius 2 is 2.00 bits per heavy atom. The number of carbonyl (C=O) groups is 1. The first kappa shape index (κ1) is 24.7. The Labute approximate surface area is 202 Å². The minimum atomic E-state index is -2.98. The summed E-state index contributed by atoms with van der Waals surface area (Å²) in [7, 11) is -1.22. The van der Waals surface area contributed by atoms with Crippen LogP contribution in [-0.4, -0.2) is 55.4 Å². The molecule has 2 N–H and O–H groups in total. The molecule has 1 aliphatic heterocycles. The van der Waals surface area contributed by atoms with Gasteiger partial charge in [0, 0.05) is 61.6 Å². The molecule has 9 nitrogen and oxygen atoms in total. The Morgan fingerprint density at radius 3 is 2.69 bits per heavy atom. The van der Waals surface area contributed by atoms with Crippen molar-refractivity contribution in [2.45, 2.75) is 37.0 Å². The molecule has 186 valence electrons. The van der Waals surface area contributed by atoms with Crippen LogP contribution in [0.5, 0.6) is 0 Å². The third-order valence-corrected chi connectivity index (χ3v) is 7.12. The lowest BCUT2D eigenvalue weighted by Gasteiger charge is -2.25. The van der Waals surface area contributed by atoms with E-state index >= 15 is 0 Å². The number of nitrogens with zero attached hydrogens (tertiary/aromatic N) is 5. The van der Waals surface area contributed by atoms with Crippen LogP contribution in [0.1, 0.15) is 35.2 Å². The molecule has 2 aromatic heterocycles. The number of nitrogens with one attached hydrogen (secondary N) is 2. The third kappa shape index (κ3) is 5.47. The fourth-order valence-electron chi connectivity index (χ4n) is 4.10. The van der Waals surface area contributed by atoms with Gasteiger partial charge in [0.15, 0.2) is 5.82 Å². The largest absolute Gasteiger partial charge is 0.354 e. The van der Waals surface area contributed by atoms with Crippen molar-refractivity contribution >= 4 is 27.1 Å². The molecule has 35 heavy (non-hydrogen) atoms. The van der Waals surface area contributed by atoms with Gasteiger partial charge in [-0.15, -0.1) is 10.2 Å². The van der Waals surface area contributed by atoms with E-state index in [0.717, 1.165) is 0 Å². The van der Waals surface area contributed by atoms with Crippen molar-refractivity contribution < 1.29 is 17.8 Å². The number of anilines is 2. The number of alkyl halides is 2. The highest BCUT2D eigenvalue weighted by atomic mass is 32.2. The highest BCUT2D eigenvalue weighted by molar-refractivity contribution is 7.91. The molecule has 0 spiro atoms. The lowest BCUT2D eigenvalue weighted by Crippen LogP contribution is -2.30. The van der Waals surface area contributed by atoms with E-state index in [1.807, 2.05) is 0 Å². The average Bonchev–Trinajstić information content (AvgIpc) is 3.12. The first-order chi connectivity index (χ1) is 16.4. The summed E-state index contributed by atoms with van der Waals surface area (Å²) in [6.07, 6.45) is 4.37. The van der Waals surface area contributed by atoms with Gasteiger partial charge in [-0.25, -0.2) is 17.8 Å². The number of carbonyl (C=O) groups excluding carboxylic acids is 1. The summed E-state index contributed by atoms with van der Waals surface area (Å²) in [5.41, 5.74) is 2.25. The monoisotopic (exact) mass is 503 g/mol. The van der Waals surface area contributed by atoms with Gasteiger partial charge in [0.25, 0.3) is 5.91 Å². The van der Waals surface area contributed by atoms with Crippen molar-refractivity contribution in [2.75, 3.05) is 29.6 Å². The summed E-state index contributed by atoms with van der Waals surface area (Å²) in [5, 5.41) is 15.6. The van der Waals surface area contributed by atoms with Gasteiger partial charge < -0.3 is 10.2 Å². The predicted octanol–water partition coefficient (Wildman–Crippen LogP) is 4.10. The molecule has 1 fully saturated rings. The molecule has 0 bridgehead atoms. The van der Waals surface area contributed by atoms with Crippen molar-refractivity contribution in [1.82, 2.24) is 20.0 Å². The fraction of sp³-hybridized carbons (Fsp3) is 0.391. The van der Waals surface area contributed by atoms with E-state index in [1.165, 1.54) is 12.3 Å². The predicted molar refractivity (Wildman–Crippen MR) is 129 cm³/mol. The number of halogens is 2. The minimum Gasteiger partial charge on any atom is -0.354 e. The Morgan fingerprint density at radius 1 is 1.23 bits per heavy atom. The SMILES string of the molecule is Cc1c(-c2cnn(C)c2)nnc(N2CCCC(F)(F)CC2)c1C(=O)Nc1cccc(S(C)(=N)=O)c1. The van der Waals surface area contributed by atoms with Crippen LogP contribution in [0.3, 0.4) is 0 Å². The molecular weight excluding hydrogens is 476 g/mol. The first-order valence-electron chi connectivity index (χ1n) is 11.1. The molecule has 1 saturated heterocycles. The second kappa shape index (κ2) is 9.33. The molecule has 4 rings (SSSR count). The van der Waals surface area contributed by atoms with Crippen LogP contribution in [-0.2, 0) is 16.8 Å². The molecular formula is C23H27F2N7O2S. The van der Waals surface area contributed by atoms with Crippen molar-refractivity contribution in [3.8, 4) is 11.3 Å². The molecule has 1 amide bonds. The Kier molecular flexibility index (Phi) is 6.58. The highest BCUT2D eigenvalue weighted by Crippen LogP contribution is 2.33. The molecule has 12 heteroatoms. The fourth-order valence-corrected chi connectivity index (χ4v) is 4.79. The van der Waals surface area contributed by atoms with Crippen LogP contribution in [0, 0.1) is 11.7 Å². The van der Waals surface area contributed by atoms with Gasteiger partial charge in [0.05, 0.1) is 27.2 Å². The molecule has 0 aliphatic carbocycles. The summed E-state index contributed by atoms with van der Waals surface area (Å²) < 4.78 is 49.6. The van der Waals surface area contributed by atoms with Crippen LogP contribution in [0.4, 0.5) is 20.3 Å². The second-order valence-corrected chi connectivity index (χ2v) is 11.0. The van der Waals surface area contributed by atoms with E-state index in [9.17, 15) is 17.8 Å². The van der Waals surface area contributed by atoms with Gasteiger partial charge in [-0.2, -0.15) is 5.10 Å². The average molecular weight is 504 g/mol. The van der Waals surface area contributed by atoms with E-state index in [1.54, 1.807) is 54.1 Å². The van der Waals surface area contributed by atoms with E-state index < -0.39 is 21.6 Å². The van der Waals surface area contributed by atoms with Gasteiger partial charge in [0.2, 0.25) is 5.92 Å². The summed E-state index contributed by atoms with van der Waals surface area (Å²) >= 11 is 0. The maximum Gasteiger partial charge on any atom is 0.259 e. The Hall–Kier alpha value is -3.41. The van der Waals surface area contributed by atoms with E-state index in [-0.39, 0.29) is 42.1 Å². The van der Waals surface area contributed by atoms with E-state index in [2.05, 4.69) is 20.6 Å². The second-order valence-electron chi connectivity index (χ2n) is 8.80. The van der Waals surface area contributed by atoms with Crippen LogP contribution in [0.25, 0.3) is 11.3 Å². The third-order valence-electron chi connectivity index (χ3n) is 5.96. The lowest BCUT2D eigenvalue weighted by molar-refractivity contribution is -0.0102. The van der Waals surface area contributed by atoms with Crippen LogP contribution in [0.15, 0.2) is 41.6 Å². The molecule has 1 aromatic carbocycles. The van der Waals surface area contributed by atoms with Crippen LogP contribution < -0.4 is 10.2 Å². The number of hydrogen-bond acceptors (Lipinski definition) is 7. The van der Waals surface area contributed by atoms with E-state index in [4.69, 9.17) is 4.78 Å². The molecule has 0 radical (unpaired) electrons. The molecule has 1 atom stereocenters. The normalized spacial score (nSPS) is 17.5. The maximum atomic E-state index is 14.0. The van der Waals surface area contributed by atoms with Gasteiger partial charge in [0.1, 0.15) is 0 Å². The van der Waals surface area contributed by atoms with Crippen molar-refractivity contribution in [3.05, 3.63) is 47.8 Å². The number of amides is 1. The summed E-state index contributed by atoms with van der Waals surface area (Å²) in [4.78, 5) is 15.5. The zero-order chi connectivity index (χ0) is 25.4. The van der Waals surface area contributed by atoms with Crippen molar-refractivity contribution in [2.24, 2.45) is 7.05 Å². The van der Waals surface area contributed by atoms with E-state index in [0.29, 0.717) is 29.1 Å². The Bertz CT molecular complexity index is 1370. The topological polar surface area (TPSA) is 117 Å². The zero-order valence-electron chi connectivity index (χ0n) is 19.7. The quantitative estimate of drug-likeness (QED) is 0.542. The summed E-state index contributed by atoms with van der Waals surface area (Å²) in [6, 6.07) is 6.29. The molecule has 3 heterocycles. The number of benzene rings is 1. The summed E-state index contributed by atoms with van der Waals surface area (Å²) in [5.74, 6) is -3.03. The maximum absolute atomic E-state index is 14.0. The zero-order valence-corrected chi connectivity index (χ0v) is 20.5. The van der Waals surface area contributed by atoms with Gasteiger partial charge in [-0.1, -0.05) is 6.07 Å². The van der Waals surface area contributed by atoms with Crippen LogP contribution in [0.2, 0.25) is 0 Å².